The van der Waals surface area contributed by atoms with Gasteiger partial charge in [-0.1, -0.05) is 56.7 Å². The van der Waals surface area contributed by atoms with Gasteiger partial charge in [0.05, 0.1) is 10.8 Å². The van der Waals surface area contributed by atoms with Crippen LogP contribution in [0.3, 0.4) is 0 Å². The van der Waals surface area contributed by atoms with Gasteiger partial charge in [-0.2, -0.15) is 0 Å². The van der Waals surface area contributed by atoms with E-state index in [1.54, 1.807) is 5.38 Å². The third-order valence-electron chi connectivity index (χ3n) is 7.08. The molecule has 2 fully saturated rings. The Bertz CT molecular complexity index is 1050. The summed E-state index contributed by atoms with van der Waals surface area (Å²) in [7, 11) is 0. The molecule has 10 heteroatoms. The number of nitrogens with one attached hydrogen (secondary N) is 1. The van der Waals surface area contributed by atoms with E-state index in [-0.39, 0.29) is 34.5 Å². The highest BCUT2D eigenvalue weighted by Gasteiger charge is 2.68. The van der Waals surface area contributed by atoms with Gasteiger partial charge in [0.2, 0.25) is 11.0 Å². The van der Waals surface area contributed by atoms with E-state index in [2.05, 4.69) is 54.1 Å². The van der Waals surface area contributed by atoms with Crippen LogP contribution in [-0.2, 0) is 4.79 Å². The third kappa shape index (κ3) is 4.30. The van der Waals surface area contributed by atoms with Gasteiger partial charge in [0.15, 0.2) is 4.34 Å². The van der Waals surface area contributed by atoms with E-state index in [1.807, 2.05) is 4.90 Å². The SMILES string of the molecule is C#CCSc1nnc(NC(=O)c2csc(C3CCN(C(=O)C4C(C)(C)C4(C)C)CC3)n2)s1. The molecule has 2 amide bonds. The fraction of sp³-hybridized carbons (Fsp3) is 0.591. The van der Waals surface area contributed by atoms with Gasteiger partial charge < -0.3 is 4.90 Å². The number of aromatic nitrogens is 3. The van der Waals surface area contributed by atoms with Crippen molar-refractivity contribution in [2.24, 2.45) is 16.7 Å². The molecule has 3 heterocycles. The van der Waals surface area contributed by atoms with Crippen molar-refractivity contribution in [3.8, 4) is 12.3 Å². The Hall–Kier alpha value is -1.96. The zero-order valence-corrected chi connectivity index (χ0v) is 21.1. The first-order valence-electron chi connectivity index (χ1n) is 10.6. The van der Waals surface area contributed by atoms with Gasteiger partial charge in [-0.15, -0.1) is 28.0 Å². The molecule has 0 aromatic carbocycles. The number of likely N-dealkylation sites (tertiary alicyclic amines) is 1. The number of carbonyl (C=O) groups is 2. The van der Waals surface area contributed by atoms with Gasteiger partial charge in [0.25, 0.3) is 5.91 Å². The predicted molar refractivity (Wildman–Crippen MR) is 129 cm³/mol. The molecular weight excluding hydrogens is 462 g/mol. The van der Waals surface area contributed by atoms with E-state index in [0.717, 1.165) is 35.3 Å². The van der Waals surface area contributed by atoms with E-state index in [4.69, 9.17) is 6.42 Å². The quantitative estimate of drug-likeness (QED) is 0.368. The van der Waals surface area contributed by atoms with Gasteiger partial charge in [0, 0.05) is 30.3 Å². The van der Waals surface area contributed by atoms with Crippen LogP contribution in [0.4, 0.5) is 5.13 Å². The van der Waals surface area contributed by atoms with Crippen LogP contribution in [0.15, 0.2) is 9.72 Å². The maximum Gasteiger partial charge on any atom is 0.276 e. The van der Waals surface area contributed by atoms with E-state index >= 15 is 0 Å². The van der Waals surface area contributed by atoms with Crippen molar-refractivity contribution in [3.05, 3.63) is 16.1 Å². The monoisotopic (exact) mass is 489 g/mol. The van der Waals surface area contributed by atoms with Gasteiger partial charge in [-0.3, -0.25) is 14.9 Å². The van der Waals surface area contributed by atoms with E-state index in [9.17, 15) is 9.59 Å². The van der Waals surface area contributed by atoms with E-state index in [1.165, 1.54) is 34.4 Å². The number of nitrogens with zero attached hydrogens (tertiary/aromatic N) is 4. The number of rotatable bonds is 6. The highest BCUT2D eigenvalue weighted by atomic mass is 32.2. The molecule has 1 aliphatic heterocycles. The average Bonchev–Trinajstić information content (AvgIpc) is 3.25. The molecule has 0 bridgehead atoms. The minimum atomic E-state index is -0.289. The molecule has 32 heavy (non-hydrogen) atoms. The van der Waals surface area contributed by atoms with Crippen molar-refractivity contribution in [1.82, 2.24) is 20.1 Å². The smallest absolute Gasteiger partial charge is 0.276 e. The number of terminal acetylenes is 1. The summed E-state index contributed by atoms with van der Waals surface area (Å²) in [4.78, 5) is 32.2. The van der Waals surface area contributed by atoms with E-state index < -0.39 is 0 Å². The Kier molecular flexibility index (Phi) is 6.36. The van der Waals surface area contributed by atoms with Crippen LogP contribution in [0.2, 0.25) is 0 Å². The maximum atomic E-state index is 13.0. The first-order valence-corrected chi connectivity index (χ1v) is 13.3. The maximum absolute atomic E-state index is 13.0. The number of amides is 2. The molecule has 0 atom stereocenters. The number of carbonyl (C=O) groups excluding carboxylic acids is 2. The zero-order chi connectivity index (χ0) is 23.1. The van der Waals surface area contributed by atoms with Crippen molar-refractivity contribution in [2.45, 2.75) is 50.8 Å². The topological polar surface area (TPSA) is 88.1 Å². The normalized spacial score (nSPS) is 20.0. The van der Waals surface area contributed by atoms with Crippen molar-refractivity contribution in [2.75, 3.05) is 24.2 Å². The number of hydrogen-bond donors (Lipinski definition) is 1. The number of thiazole rings is 1. The Labute approximate surface area is 200 Å². The molecule has 2 aromatic rings. The van der Waals surface area contributed by atoms with Crippen LogP contribution in [0.25, 0.3) is 0 Å². The molecule has 1 aliphatic carbocycles. The second kappa shape index (κ2) is 8.76. The lowest BCUT2D eigenvalue weighted by Crippen LogP contribution is -2.39. The molecule has 0 radical (unpaired) electrons. The second-order valence-electron chi connectivity index (χ2n) is 9.37. The van der Waals surface area contributed by atoms with Crippen molar-refractivity contribution in [3.63, 3.8) is 0 Å². The van der Waals surface area contributed by atoms with Crippen LogP contribution in [0, 0.1) is 29.1 Å². The summed E-state index contributed by atoms with van der Waals surface area (Å²) in [5.41, 5.74) is 0.510. The van der Waals surface area contributed by atoms with Gasteiger partial charge in [0.1, 0.15) is 5.69 Å². The predicted octanol–water partition coefficient (Wildman–Crippen LogP) is 4.36. The molecule has 170 valence electrons. The Morgan fingerprint density at radius 2 is 1.94 bits per heavy atom. The first kappa shape index (κ1) is 23.2. The van der Waals surface area contributed by atoms with Gasteiger partial charge in [-0.25, -0.2) is 4.98 Å². The van der Waals surface area contributed by atoms with Crippen molar-refractivity contribution >= 4 is 51.4 Å². The molecule has 2 aromatic heterocycles. The molecule has 2 aliphatic rings. The number of piperidine rings is 1. The minimum Gasteiger partial charge on any atom is -0.342 e. The molecule has 1 saturated heterocycles. The van der Waals surface area contributed by atoms with Crippen LogP contribution in [-0.4, -0.2) is 50.7 Å². The lowest BCUT2D eigenvalue weighted by Gasteiger charge is -2.31. The highest BCUT2D eigenvalue weighted by Crippen LogP contribution is 2.68. The molecule has 7 nitrogen and oxygen atoms in total. The molecular formula is C22H27N5O2S3. The summed E-state index contributed by atoms with van der Waals surface area (Å²) in [6, 6.07) is 0. The molecule has 1 N–H and O–H groups in total. The molecule has 0 spiro atoms. The Morgan fingerprint density at radius 1 is 1.25 bits per heavy atom. The summed E-state index contributed by atoms with van der Waals surface area (Å²) < 4.78 is 0.719. The summed E-state index contributed by atoms with van der Waals surface area (Å²) >= 11 is 4.21. The summed E-state index contributed by atoms with van der Waals surface area (Å²) in [6.07, 6.45) is 7.00. The van der Waals surface area contributed by atoms with Crippen LogP contribution in [0.1, 0.15) is 62.0 Å². The second-order valence-corrected chi connectivity index (χ2v) is 12.5. The Balaban J connectivity index is 1.31. The Morgan fingerprint density at radius 3 is 2.56 bits per heavy atom. The molecule has 4 rings (SSSR count). The van der Waals surface area contributed by atoms with Crippen molar-refractivity contribution < 1.29 is 9.59 Å². The number of hydrogen-bond acceptors (Lipinski definition) is 8. The number of anilines is 1. The lowest BCUT2D eigenvalue weighted by atomic mass is 9.96. The van der Waals surface area contributed by atoms with Gasteiger partial charge in [-0.05, 0) is 23.7 Å². The van der Waals surface area contributed by atoms with Crippen molar-refractivity contribution in [1.29, 1.82) is 0 Å². The van der Waals surface area contributed by atoms with Gasteiger partial charge >= 0.3 is 0 Å². The third-order valence-corrected chi connectivity index (χ3v) is 9.97. The fourth-order valence-corrected chi connectivity index (χ4v) is 6.90. The average molecular weight is 490 g/mol. The number of thioether (sulfide) groups is 1. The van der Waals surface area contributed by atoms with Crippen LogP contribution < -0.4 is 5.32 Å². The minimum absolute atomic E-state index is 0.0617. The fourth-order valence-electron chi connectivity index (χ4n) is 4.51. The lowest BCUT2D eigenvalue weighted by molar-refractivity contribution is -0.134. The molecule has 1 saturated carbocycles. The summed E-state index contributed by atoms with van der Waals surface area (Å²) in [6.45, 7) is 10.2. The molecule has 0 unspecified atom stereocenters. The standard InChI is InChI=1S/C22H27N5O2S3/c1-6-11-30-20-26-25-19(32-20)24-16(28)14-12-31-17(23-14)13-7-9-27(10-8-13)18(29)15-21(2,3)22(15,4)5/h1,12-13,15H,7-11H2,2-5H3,(H,24,25,28). The van der Waals surface area contributed by atoms with Crippen LogP contribution >= 0.6 is 34.4 Å². The highest BCUT2D eigenvalue weighted by molar-refractivity contribution is 8.01. The van der Waals surface area contributed by atoms with Crippen LogP contribution in [0.5, 0.6) is 0 Å². The summed E-state index contributed by atoms with van der Waals surface area (Å²) in [5.74, 6) is 3.43. The largest absolute Gasteiger partial charge is 0.342 e. The first-order chi connectivity index (χ1) is 15.1. The van der Waals surface area contributed by atoms with E-state index in [0.29, 0.717) is 16.6 Å². The summed E-state index contributed by atoms with van der Waals surface area (Å²) in [5, 5.41) is 13.9. The zero-order valence-electron chi connectivity index (χ0n) is 18.7.